The Morgan fingerprint density at radius 3 is 2.13 bits per heavy atom. The predicted molar refractivity (Wildman–Crippen MR) is 126 cm³/mol. The standard InChI is InChI=1S/C26H35N3O/c1-16(2)19-11-9-12-20(17(3)4)24(19)27-18(5)21-13-10-14-22(28-21)25-29-23(15-30-25)26(6,7)8/h9-14,16-17,23H,15H2,1-8H3. The molecule has 0 saturated carbocycles. The Labute approximate surface area is 181 Å². The van der Waals surface area contributed by atoms with Crippen LogP contribution in [0.1, 0.15) is 89.7 Å². The quantitative estimate of drug-likeness (QED) is 0.522. The number of rotatable bonds is 5. The Morgan fingerprint density at radius 1 is 1.00 bits per heavy atom. The number of aliphatic imine (C=N–C) groups is 2. The van der Waals surface area contributed by atoms with Crippen molar-refractivity contribution in [1.82, 2.24) is 4.98 Å². The van der Waals surface area contributed by atoms with Gasteiger partial charge in [-0.25, -0.2) is 9.98 Å². The number of benzene rings is 1. The normalized spacial score (nSPS) is 17.5. The van der Waals surface area contributed by atoms with Crippen molar-refractivity contribution < 1.29 is 4.74 Å². The van der Waals surface area contributed by atoms with E-state index in [0.29, 0.717) is 24.3 Å². The summed E-state index contributed by atoms with van der Waals surface area (Å²) in [4.78, 5) is 14.7. The lowest BCUT2D eigenvalue weighted by atomic mass is 9.88. The van der Waals surface area contributed by atoms with Crippen LogP contribution in [0.3, 0.4) is 0 Å². The highest BCUT2D eigenvalue weighted by Crippen LogP contribution is 2.35. The zero-order chi connectivity index (χ0) is 22.1. The van der Waals surface area contributed by atoms with Crippen LogP contribution >= 0.6 is 0 Å². The van der Waals surface area contributed by atoms with Crippen molar-refractivity contribution in [2.75, 3.05) is 6.61 Å². The van der Waals surface area contributed by atoms with Gasteiger partial charge in [0.05, 0.1) is 23.1 Å². The minimum absolute atomic E-state index is 0.0739. The minimum atomic E-state index is 0.0739. The van der Waals surface area contributed by atoms with Crippen molar-refractivity contribution >= 4 is 17.3 Å². The van der Waals surface area contributed by atoms with Crippen molar-refractivity contribution in [1.29, 1.82) is 0 Å². The Balaban J connectivity index is 1.99. The molecule has 4 nitrogen and oxygen atoms in total. The molecule has 3 rings (SSSR count). The molecule has 1 aromatic carbocycles. The molecule has 1 aliphatic rings. The molecule has 2 aromatic rings. The van der Waals surface area contributed by atoms with Gasteiger partial charge in [0.25, 0.3) is 0 Å². The van der Waals surface area contributed by atoms with E-state index in [0.717, 1.165) is 22.8 Å². The van der Waals surface area contributed by atoms with E-state index in [-0.39, 0.29) is 11.5 Å². The van der Waals surface area contributed by atoms with E-state index in [1.54, 1.807) is 0 Å². The molecule has 4 heteroatoms. The summed E-state index contributed by atoms with van der Waals surface area (Å²) in [6, 6.07) is 12.6. The first-order valence-electron chi connectivity index (χ1n) is 10.9. The fourth-order valence-corrected chi connectivity index (χ4v) is 3.58. The lowest BCUT2D eigenvalue weighted by Gasteiger charge is -2.21. The molecular formula is C26H35N3O. The summed E-state index contributed by atoms with van der Waals surface area (Å²) in [5.74, 6) is 1.45. The van der Waals surface area contributed by atoms with Gasteiger partial charge in [0.1, 0.15) is 12.3 Å². The van der Waals surface area contributed by atoms with Crippen molar-refractivity contribution in [3.05, 3.63) is 58.9 Å². The van der Waals surface area contributed by atoms with Crippen LogP contribution in [0, 0.1) is 5.41 Å². The molecule has 0 fully saturated rings. The number of hydrogen-bond acceptors (Lipinski definition) is 4. The van der Waals surface area contributed by atoms with Crippen LogP contribution < -0.4 is 0 Å². The van der Waals surface area contributed by atoms with Crippen LogP contribution in [0.5, 0.6) is 0 Å². The SMILES string of the molecule is CC(=Nc1c(C(C)C)cccc1C(C)C)c1cccc(C2=NC(C(C)(C)C)CO2)n1. The molecule has 1 aliphatic heterocycles. The van der Waals surface area contributed by atoms with Crippen molar-refractivity contribution in [3.63, 3.8) is 0 Å². The second kappa shape index (κ2) is 8.71. The molecule has 0 bridgehead atoms. The van der Waals surface area contributed by atoms with Gasteiger partial charge in [0, 0.05) is 0 Å². The number of para-hydroxylation sites is 1. The van der Waals surface area contributed by atoms with E-state index < -0.39 is 0 Å². The molecule has 0 radical (unpaired) electrons. The summed E-state index contributed by atoms with van der Waals surface area (Å²) in [5.41, 5.74) is 6.22. The lowest BCUT2D eigenvalue weighted by molar-refractivity contribution is 0.235. The van der Waals surface area contributed by atoms with E-state index in [2.05, 4.69) is 66.7 Å². The van der Waals surface area contributed by atoms with Gasteiger partial charge in [0.2, 0.25) is 5.90 Å². The molecule has 1 unspecified atom stereocenters. The monoisotopic (exact) mass is 405 g/mol. The van der Waals surface area contributed by atoms with E-state index in [4.69, 9.17) is 19.7 Å². The summed E-state index contributed by atoms with van der Waals surface area (Å²) in [6.45, 7) is 18.1. The number of pyridine rings is 1. The van der Waals surface area contributed by atoms with Crippen LogP contribution in [0.2, 0.25) is 0 Å². The Morgan fingerprint density at radius 2 is 1.60 bits per heavy atom. The summed E-state index contributed by atoms with van der Waals surface area (Å²) < 4.78 is 5.88. The van der Waals surface area contributed by atoms with E-state index >= 15 is 0 Å². The third-order valence-corrected chi connectivity index (χ3v) is 5.61. The van der Waals surface area contributed by atoms with Gasteiger partial charge < -0.3 is 4.74 Å². The third-order valence-electron chi connectivity index (χ3n) is 5.61. The maximum Gasteiger partial charge on any atom is 0.235 e. The second-order valence-corrected chi connectivity index (χ2v) is 9.83. The van der Waals surface area contributed by atoms with Gasteiger partial charge in [-0.05, 0) is 47.4 Å². The maximum atomic E-state index is 5.88. The average Bonchev–Trinajstić information content (AvgIpc) is 3.18. The van der Waals surface area contributed by atoms with Crippen LogP contribution in [-0.2, 0) is 4.74 Å². The molecule has 0 N–H and O–H groups in total. The van der Waals surface area contributed by atoms with E-state index in [1.807, 2.05) is 25.1 Å². The first kappa shape index (κ1) is 22.2. The fraction of sp³-hybridized carbons (Fsp3) is 0.500. The van der Waals surface area contributed by atoms with Gasteiger partial charge >= 0.3 is 0 Å². The van der Waals surface area contributed by atoms with Crippen molar-refractivity contribution in [3.8, 4) is 0 Å². The van der Waals surface area contributed by atoms with Crippen LogP contribution in [-0.4, -0.2) is 29.2 Å². The average molecular weight is 406 g/mol. The molecule has 0 aliphatic carbocycles. The summed E-state index contributed by atoms with van der Waals surface area (Å²) >= 11 is 0. The van der Waals surface area contributed by atoms with E-state index in [1.165, 1.54) is 11.1 Å². The molecule has 160 valence electrons. The van der Waals surface area contributed by atoms with Gasteiger partial charge in [-0.1, -0.05) is 72.7 Å². The van der Waals surface area contributed by atoms with Gasteiger partial charge in [-0.15, -0.1) is 0 Å². The van der Waals surface area contributed by atoms with Gasteiger partial charge in [-0.3, -0.25) is 4.99 Å². The predicted octanol–water partition coefficient (Wildman–Crippen LogP) is 6.66. The third kappa shape index (κ3) is 4.80. The molecule has 2 heterocycles. The first-order chi connectivity index (χ1) is 14.1. The molecule has 0 spiro atoms. The summed E-state index contributed by atoms with van der Waals surface area (Å²) in [6.07, 6.45) is 0. The largest absolute Gasteiger partial charge is 0.474 e. The molecule has 0 amide bonds. The fourth-order valence-electron chi connectivity index (χ4n) is 3.58. The van der Waals surface area contributed by atoms with Crippen LogP contribution in [0.15, 0.2) is 46.4 Å². The Kier molecular flexibility index (Phi) is 6.44. The molecule has 1 atom stereocenters. The summed E-state index contributed by atoms with van der Waals surface area (Å²) in [5, 5.41) is 0. The van der Waals surface area contributed by atoms with Crippen LogP contribution in [0.4, 0.5) is 5.69 Å². The highest BCUT2D eigenvalue weighted by Gasteiger charge is 2.31. The first-order valence-corrected chi connectivity index (χ1v) is 10.9. The number of hydrogen-bond donors (Lipinski definition) is 0. The molecule has 30 heavy (non-hydrogen) atoms. The molecular weight excluding hydrogens is 370 g/mol. The number of nitrogens with zero attached hydrogens (tertiary/aromatic N) is 3. The zero-order valence-corrected chi connectivity index (χ0v) is 19.7. The zero-order valence-electron chi connectivity index (χ0n) is 19.7. The van der Waals surface area contributed by atoms with Gasteiger partial charge in [-0.2, -0.15) is 0 Å². The number of aromatic nitrogens is 1. The second-order valence-electron chi connectivity index (χ2n) is 9.83. The topological polar surface area (TPSA) is 46.8 Å². The molecule has 1 aromatic heterocycles. The lowest BCUT2D eigenvalue weighted by Crippen LogP contribution is -2.25. The highest BCUT2D eigenvalue weighted by molar-refractivity contribution is 6.00. The Hall–Kier alpha value is -2.49. The van der Waals surface area contributed by atoms with Crippen molar-refractivity contribution in [2.24, 2.45) is 15.4 Å². The smallest absolute Gasteiger partial charge is 0.235 e. The number of ether oxygens (including phenoxy) is 1. The van der Waals surface area contributed by atoms with Crippen LogP contribution in [0.25, 0.3) is 0 Å². The summed E-state index contributed by atoms with van der Waals surface area (Å²) in [7, 11) is 0. The highest BCUT2D eigenvalue weighted by atomic mass is 16.5. The Bertz CT molecular complexity index is 938. The minimum Gasteiger partial charge on any atom is -0.474 e. The van der Waals surface area contributed by atoms with E-state index in [9.17, 15) is 0 Å². The maximum absolute atomic E-state index is 5.88. The van der Waals surface area contributed by atoms with Crippen molar-refractivity contribution in [2.45, 2.75) is 73.3 Å². The molecule has 0 saturated heterocycles. The van der Waals surface area contributed by atoms with Gasteiger partial charge in [0.15, 0.2) is 0 Å².